The van der Waals surface area contributed by atoms with Crippen LogP contribution in [0.3, 0.4) is 0 Å². The van der Waals surface area contributed by atoms with Crippen molar-refractivity contribution in [2.45, 2.75) is 64.8 Å². The summed E-state index contributed by atoms with van der Waals surface area (Å²) in [5.74, 6) is 0.520. The highest BCUT2D eigenvalue weighted by atomic mass is 19.1. The molecular weight excluding hydrogens is 331 g/mol. The fourth-order valence-corrected chi connectivity index (χ4v) is 7.57. The Bertz CT molecular complexity index is 799. The number of ether oxygens (including phenoxy) is 1. The molecule has 0 amide bonds. The number of ketones is 2. The molecule has 2 unspecified atom stereocenters. The summed E-state index contributed by atoms with van der Waals surface area (Å²) in [6, 6.07) is 0. The van der Waals surface area contributed by atoms with E-state index in [0.717, 1.165) is 24.0 Å². The Morgan fingerprint density at radius 1 is 1.27 bits per heavy atom. The first-order valence-corrected chi connectivity index (χ1v) is 9.88. The third kappa shape index (κ3) is 1.49. The molecule has 5 aliphatic rings. The molecule has 26 heavy (non-hydrogen) atoms. The molecule has 4 aliphatic carbocycles. The van der Waals surface area contributed by atoms with Gasteiger partial charge in [0.15, 0.2) is 23.8 Å². The maximum Gasteiger partial charge on any atom is 0.187 e. The normalized spacial score (nSPS) is 57.7. The first-order valence-electron chi connectivity index (χ1n) is 9.88. The number of hydrogen-bond donors (Lipinski definition) is 0. The number of carbonyl (C=O) groups excluding carboxylic acids is 2. The number of fused-ring (bicyclic) bond motifs is 4. The van der Waals surface area contributed by atoms with Crippen LogP contribution in [-0.2, 0) is 14.3 Å². The van der Waals surface area contributed by atoms with Gasteiger partial charge in [-0.15, -0.1) is 0 Å². The zero-order chi connectivity index (χ0) is 18.8. The molecule has 4 heteroatoms. The Morgan fingerprint density at radius 3 is 2.65 bits per heavy atom. The van der Waals surface area contributed by atoms with Crippen LogP contribution in [0.4, 0.5) is 4.39 Å². The van der Waals surface area contributed by atoms with E-state index in [2.05, 4.69) is 20.4 Å². The maximum absolute atomic E-state index is 14.4. The molecule has 1 spiro atoms. The highest BCUT2D eigenvalue weighted by molar-refractivity contribution is 6.00. The number of carbonyl (C=O) groups is 2. The highest BCUT2D eigenvalue weighted by Gasteiger charge is 2.79. The van der Waals surface area contributed by atoms with Crippen molar-refractivity contribution >= 4 is 11.6 Å². The van der Waals surface area contributed by atoms with Gasteiger partial charge in [-0.2, -0.15) is 0 Å². The predicted molar refractivity (Wildman–Crippen MR) is 95.1 cm³/mol. The molecule has 0 aromatic rings. The monoisotopic (exact) mass is 358 g/mol. The Kier molecular flexibility index (Phi) is 2.96. The average Bonchev–Trinajstić information content (AvgIpc) is 3.31. The van der Waals surface area contributed by atoms with Gasteiger partial charge in [-0.3, -0.25) is 9.59 Å². The van der Waals surface area contributed by atoms with Gasteiger partial charge < -0.3 is 4.74 Å². The highest BCUT2D eigenvalue weighted by Crippen LogP contribution is 2.74. The van der Waals surface area contributed by atoms with Gasteiger partial charge in [-0.1, -0.05) is 32.9 Å². The van der Waals surface area contributed by atoms with Crippen LogP contribution in [0.25, 0.3) is 0 Å². The summed E-state index contributed by atoms with van der Waals surface area (Å²) in [7, 11) is 0. The number of rotatable bonds is 0. The van der Waals surface area contributed by atoms with E-state index >= 15 is 0 Å². The molecule has 1 aliphatic heterocycles. The van der Waals surface area contributed by atoms with Crippen LogP contribution in [0.15, 0.2) is 23.8 Å². The second-order valence-corrected chi connectivity index (χ2v) is 9.79. The molecule has 0 bridgehead atoms. The second kappa shape index (κ2) is 4.57. The lowest BCUT2D eigenvalue weighted by molar-refractivity contribution is -0.137. The molecular formula is C22H27FO3. The van der Waals surface area contributed by atoms with Crippen LogP contribution in [0.2, 0.25) is 0 Å². The molecule has 1 saturated heterocycles. The average molecular weight is 358 g/mol. The van der Waals surface area contributed by atoms with E-state index in [9.17, 15) is 14.0 Å². The molecule has 5 rings (SSSR count). The SMILES string of the molecule is C=C1[C@@H](C)[C@H]2[C@@H]3C[C@H](F)C(=O)[C@@]3(C)CC[C@@H]2[C@@]2(C)C(C)=CC(=O)C3OC132. The summed E-state index contributed by atoms with van der Waals surface area (Å²) in [4.78, 5) is 25.0. The van der Waals surface area contributed by atoms with E-state index in [1.807, 2.05) is 13.8 Å². The quantitative estimate of drug-likeness (QED) is 0.488. The van der Waals surface area contributed by atoms with Crippen LogP contribution in [-0.4, -0.2) is 29.4 Å². The Hall–Kier alpha value is -1.29. The number of Topliss-reactive ketones (excluding diaryl/α,β-unsaturated/α-hetero) is 1. The van der Waals surface area contributed by atoms with Gasteiger partial charge >= 0.3 is 0 Å². The Labute approximate surface area is 154 Å². The van der Waals surface area contributed by atoms with Crippen LogP contribution < -0.4 is 0 Å². The minimum absolute atomic E-state index is 0.0484. The van der Waals surface area contributed by atoms with Gasteiger partial charge in [0.2, 0.25) is 0 Å². The first kappa shape index (κ1) is 16.9. The standard InChI is InChI=1S/C22H27FO3/c1-10-8-16(24)19-22(26-19)12(3)11(2)17-13(21(10,22)5)6-7-20(4)14(17)9-15(23)18(20)25/h8,11,13-15,17,19H,3,6-7,9H2,1-2,4-5H3/t11-,13+,14+,15+,17-,19?,20+,21-,22?/m1/s1. The summed E-state index contributed by atoms with van der Waals surface area (Å²) in [5, 5.41) is 0. The molecule has 3 saturated carbocycles. The lowest BCUT2D eigenvalue weighted by Crippen LogP contribution is -2.61. The smallest absolute Gasteiger partial charge is 0.187 e. The van der Waals surface area contributed by atoms with Crippen molar-refractivity contribution < 1.29 is 18.7 Å². The number of halogens is 1. The van der Waals surface area contributed by atoms with E-state index in [0.29, 0.717) is 6.42 Å². The first-order chi connectivity index (χ1) is 12.1. The molecule has 0 aromatic heterocycles. The van der Waals surface area contributed by atoms with Crippen LogP contribution >= 0.6 is 0 Å². The molecule has 3 nitrogen and oxygen atoms in total. The molecule has 0 radical (unpaired) electrons. The fourth-order valence-electron chi connectivity index (χ4n) is 7.57. The van der Waals surface area contributed by atoms with Gasteiger partial charge in [-0.05, 0) is 61.5 Å². The van der Waals surface area contributed by atoms with Crippen molar-refractivity contribution in [2.75, 3.05) is 0 Å². The summed E-state index contributed by atoms with van der Waals surface area (Å²) in [6.07, 6.45) is 1.96. The fraction of sp³-hybridized carbons (Fsp3) is 0.727. The summed E-state index contributed by atoms with van der Waals surface area (Å²) >= 11 is 0. The third-order valence-corrected chi connectivity index (χ3v) is 9.20. The van der Waals surface area contributed by atoms with E-state index in [1.54, 1.807) is 6.08 Å². The maximum atomic E-state index is 14.4. The molecule has 0 N–H and O–H groups in total. The molecule has 9 atom stereocenters. The van der Waals surface area contributed by atoms with Crippen molar-refractivity contribution in [1.29, 1.82) is 0 Å². The van der Waals surface area contributed by atoms with E-state index in [1.165, 1.54) is 0 Å². The molecule has 0 aromatic carbocycles. The van der Waals surface area contributed by atoms with E-state index in [4.69, 9.17) is 4.74 Å². The molecule has 140 valence electrons. The lowest BCUT2D eigenvalue weighted by atomic mass is 9.41. The lowest BCUT2D eigenvalue weighted by Gasteiger charge is -2.61. The van der Waals surface area contributed by atoms with Gasteiger partial charge in [0, 0.05) is 10.8 Å². The summed E-state index contributed by atoms with van der Waals surface area (Å²) < 4.78 is 20.6. The van der Waals surface area contributed by atoms with Crippen LogP contribution in [0.1, 0.15) is 47.0 Å². The summed E-state index contributed by atoms with van der Waals surface area (Å²) in [5.41, 5.74) is 0.602. The Balaban J connectivity index is 1.67. The van der Waals surface area contributed by atoms with Crippen molar-refractivity contribution in [3.05, 3.63) is 23.8 Å². The second-order valence-electron chi connectivity index (χ2n) is 9.79. The van der Waals surface area contributed by atoms with Gasteiger partial charge in [-0.25, -0.2) is 4.39 Å². The van der Waals surface area contributed by atoms with Gasteiger partial charge in [0.05, 0.1) is 0 Å². The topological polar surface area (TPSA) is 46.7 Å². The summed E-state index contributed by atoms with van der Waals surface area (Å²) in [6.45, 7) is 12.8. The van der Waals surface area contributed by atoms with Crippen molar-refractivity contribution in [2.24, 2.45) is 34.5 Å². The molecule has 4 fully saturated rings. The van der Waals surface area contributed by atoms with E-state index < -0.39 is 23.3 Å². The van der Waals surface area contributed by atoms with Crippen LogP contribution in [0.5, 0.6) is 0 Å². The largest absolute Gasteiger partial charge is 0.352 e. The zero-order valence-electron chi connectivity index (χ0n) is 16.0. The minimum atomic E-state index is -1.33. The van der Waals surface area contributed by atoms with Crippen molar-refractivity contribution in [1.82, 2.24) is 0 Å². The van der Waals surface area contributed by atoms with E-state index in [-0.39, 0.29) is 40.7 Å². The third-order valence-electron chi connectivity index (χ3n) is 9.20. The van der Waals surface area contributed by atoms with Crippen molar-refractivity contribution in [3.63, 3.8) is 0 Å². The minimum Gasteiger partial charge on any atom is -0.352 e. The number of alkyl halides is 1. The number of epoxide rings is 1. The van der Waals surface area contributed by atoms with Gasteiger partial charge in [0.1, 0.15) is 5.60 Å². The van der Waals surface area contributed by atoms with Gasteiger partial charge in [0.25, 0.3) is 0 Å². The zero-order valence-corrected chi connectivity index (χ0v) is 16.0. The van der Waals surface area contributed by atoms with Crippen molar-refractivity contribution in [3.8, 4) is 0 Å². The predicted octanol–water partition coefficient (Wildman–Crippen LogP) is 3.82. The molecule has 1 heterocycles. The number of hydrogen-bond acceptors (Lipinski definition) is 3. The Morgan fingerprint density at radius 2 is 1.96 bits per heavy atom. The van der Waals surface area contributed by atoms with Crippen LogP contribution in [0, 0.1) is 34.5 Å².